The molecule has 0 unspecified atom stereocenters. The second kappa shape index (κ2) is 8.47. The molecule has 6 heteroatoms. The molecule has 6 nitrogen and oxygen atoms in total. The zero-order valence-electron chi connectivity index (χ0n) is 16.7. The number of nitrogens with zero attached hydrogens (tertiary/aromatic N) is 3. The zero-order chi connectivity index (χ0) is 20.2. The van der Waals surface area contributed by atoms with Crippen molar-refractivity contribution in [1.29, 1.82) is 0 Å². The predicted molar refractivity (Wildman–Crippen MR) is 116 cm³/mol. The van der Waals surface area contributed by atoms with Crippen molar-refractivity contribution in [2.75, 3.05) is 23.3 Å². The predicted octanol–water partition coefficient (Wildman–Crippen LogP) is 3.50. The third-order valence-electron chi connectivity index (χ3n) is 5.48. The van der Waals surface area contributed by atoms with Gasteiger partial charge in [0.15, 0.2) is 0 Å². The number of hydrogen-bond donors (Lipinski definition) is 1. The number of rotatable bonds is 4. The first-order valence-corrected chi connectivity index (χ1v) is 10.2. The van der Waals surface area contributed by atoms with E-state index in [-0.39, 0.29) is 17.9 Å². The van der Waals surface area contributed by atoms with Crippen molar-refractivity contribution in [3.05, 3.63) is 64.6 Å². The lowest BCUT2D eigenvalue weighted by Crippen LogP contribution is -2.24. The molecule has 0 aliphatic carbocycles. The molecule has 1 fully saturated rings. The van der Waals surface area contributed by atoms with Gasteiger partial charge in [-0.2, -0.15) is 5.10 Å². The standard InChI is InChI=1S/C23H26N4O2/c1-26-23(29)20-9-5-4-8-19(20)21(25-26)16-22(28)24-17-10-12-18(13-11-17)27-14-6-2-3-7-15-27/h4-5,8-13H,2-3,6-7,14-16H2,1H3,(H,24,28). The van der Waals surface area contributed by atoms with Crippen molar-refractivity contribution in [3.63, 3.8) is 0 Å². The Kier molecular flexibility index (Phi) is 5.60. The average molecular weight is 390 g/mol. The van der Waals surface area contributed by atoms with Crippen LogP contribution in [0.2, 0.25) is 0 Å². The van der Waals surface area contributed by atoms with Crippen molar-refractivity contribution < 1.29 is 4.79 Å². The number of nitrogens with one attached hydrogen (secondary N) is 1. The smallest absolute Gasteiger partial charge is 0.274 e. The second-order valence-corrected chi connectivity index (χ2v) is 7.59. The summed E-state index contributed by atoms with van der Waals surface area (Å²) in [6.45, 7) is 2.19. The van der Waals surface area contributed by atoms with Gasteiger partial charge in [0.1, 0.15) is 0 Å². The van der Waals surface area contributed by atoms with Gasteiger partial charge in [-0.25, -0.2) is 4.68 Å². The van der Waals surface area contributed by atoms with E-state index in [1.807, 2.05) is 30.3 Å². The van der Waals surface area contributed by atoms with Gasteiger partial charge in [-0.1, -0.05) is 31.0 Å². The molecule has 4 rings (SSSR count). The van der Waals surface area contributed by atoms with Crippen LogP contribution in [-0.4, -0.2) is 28.8 Å². The summed E-state index contributed by atoms with van der Waals surface area (Å²) < 4.78 is 1.29. The van der Waals surface area contributed by atoms with Gasteiger partial charge < -0.3 is 10.2 Å². The van der Waals surface area contributed by atoms with E-state index in [2.05, 4.69) is 27.4 Å². The fourth-order valence-electron chi connectivity index (χ4n) is 3.95. The van der Waals surface area contributed by atoms with Gasteiger partial charge in [0.05, 0.1) is 17.5 Å². The van der Waals surface area contributed by atoms with Gasteiger partial charge in [0, 0.05) is 36.9 Å². The molecule has 2 heterocycles. The Morgan fingerprint density at radius 2 is 1.62 bits per heavy atom. The Morgan fingerprint density at radius 1 is 0.966 bits per heavy atom. The quantitative estimate of drug-likeness (QED) is 0.740. The van der Waals surface area contributed by atoms with Crippen molar-refractivity contribution in [2.45, 2.75) is 32.1 Å². The van der Waals surface area contributed by atoms with Crippen LogP contribution < -0.4 is 15.8 Å². The molecule has 0 saturated carbocycles. The first kappa shape index (κ1) is 19.2. The van der Waals surface area contributed by atoms with Crippen LogP contribution in [0.4, 0.5) is 11.4 Å². The van der Waals surface area contributed by atoms with Crippen LogP contribution in [-0.2, 0) is 18.3 Å². The molecule has 3 aromatic rings. The molecule has 1 amide bonds. The molecule has 1 N–H and O–H groups in total. The number of anilines is 2. The zero-order valence-corrected chi connectivity index (χ0v) is 16.7. The summed E-state index contributed by atoms with van der Waals surface area (Å²) in [5.41, 5.74) is 2.41. The van der Waals surface area contributed by atoms with Crippen LogP contribution in [0.5, 0.6) is 0 Å². The van der Waals surface area contributed by atoms with Crippen LogP contribution >= 0.6 is 0 Å². The molecular weight excluding hydrogens is 364 g/mol. The third-order valence-corrected chi connectivity index (χ3v) is 5.48. The molecule has 29 heavy (non-hydrogen) atoms. The summed E-state index contributed by atoms with van der Waals surface area (Å²) >= 11 is 0. The van der Waals surface area contributed by atoms with Crippen LogP contribution in [0, 0.1) is 0 Å². The number of benzene rings is 2. The van der Waals surface area contributed by atoms with E-state index in [0.717, 1.165) is 24.2 Å². The number of amides is 1. The maximum absolute atomic E-state index is 12.6. The number of carbonyl (C=O) groups excluding carboxylic acids is 1. The summed E-state index contributed by atoms with van der Waals surface area (Å²) in [7, 11) is 1.61. The Balaban J connectivity index is 1.47. The first-order valence-electron chi connectivity index (χ1n) is 10.2. The minimum atomic E-state index is -0.158. The molecule has 0 radical (unpaired) electrons. The van der Waals surface area contributed by atoms with E-state index in [0.29, 0.717) is 11.1 Å². The Hall–Kier alpha value is -3.15. The van der Waals surface area contributed by atoms with Crippen molar-refractivity contribution >= 4 is 28.1 Å². The highest BCUT2D eigenvalue weighted by molar-refractivity contribution is 5.95. The Bertz CT molecular complexity index is 1060. The van der Waals surface area contributed by atoms with Gasteiger partial charge in [0.25, 0.3) is 5.56 Å². The lowest BCUT2D eigenvalue weighted by molar-refractivity contribution is -0.115. The van der Waals surface area contributed by atoms with Gasteiger partial charge in [0.2, 0.25) is 5.91 Å². The molecule has 1 aromatic heterocycles. The van der Waals surface area contributed by atoms with E-state index < -0.39 is 0 Å². The minimum absolute atomic E-state index is 0.114. The highest BCUT2D eigenvalue weighted by Crippen LogP contribution is 2.22. The van der Waals surface area contributed by atoms with E-state index in [1.54, 1.807) is 13.1 Å². The van der Waals surface area contributed by atoms with Crippen molar-refractivity contribution in [1.82, 2.24) is 9.78 Å². The number of hydrogen-bond acceptors (Lipinski definition) is 4. The maximum atomic E-state index is 12.6. The van der Waals surface area contributed by atoms with E-state index in [1.165, 1.54) is 36.1 Å². The Morgan fingerprint density at radius 3 is 2.31 bits per heavy atom. The normalized spacial score (nSPS) is 14.6. The van der Waals surface area contributed by atoms with Crippen LogP contribution in [0.15, 0.2) is 53.3 Å². The summed E-state index contributed by atoms with van der Waals surface area (Å²) in [6, 6.07) is 15.3. The van der Waals surface area contributed by atoms with E-state index >= 15 is 0 Å². The molecule has 0 bridgehead atoms. The molecule has 1 saturated heterocycles. The van der Waals surface area contributed by atoms with E-state index in [4.69, 9.17) is 0 Å². The van der Waals surface area contributed by atoms with Gasteiger partial charge >= 0.3 is 0 Å². The molecule has 1 aliphatic rings. The van der Waals surface area contributed by atoms with E-state index in [9.17, 15) is 9.59 Å². The molecule has 0 spiro atoms. The van der Waals surface area contributed by atoms with Crippen molar-refractivity contribution in [2.24, 2.45) is 7.05 Å². The SMILES string of the molecule is Cn1nc(CC(=O)Nc2ccc(N3CCCCCC3)cc2)c2ccccc2c1=O. The molecule has 0 atom stereocenters. The molecular formula is C23H26N4O2. The second-order valence-electron chi connectivity index (χ2n) is 7.59. The largest absolute Gasteiger partial charge is 0.372 e. The molecule has 2 aromatic carbocycles. The summed E-state index contributed by atoms with van der Waals surface area (Å²) in [5, 5.41) is 8.55. The van der Waals surface area contributed by atoms with Crippen molar-refractivity contribution in [3.8, 4) is 0 Å². The number of fused-ring (bicyclic) bond motifs is 1. The topological polar surface area (TPSA) is 67.2 Å². The third kappa shape index (κ3) is 4.31. The summed E-state index contributed by atoms with van der Waals surface area (Å²) in [5.74, 6) is -0.149. The minimum Gasteiger partial charge on any atom is -0.372 e. The average Bonchev–Trinajstić information content (AvgIpc) is 3.02. The fourth-order valence-corrected chi connectivity index (χ4v) is 3.95. The number of aryl methyl sites for hydroxylation is 1. The number of aromatic nitrogens is 2. The van der Waals surface area contributed by atoms with Crippen LogP contribution in [0.1, 0.15) is 31.4 Å². The maximum Gasteiger partial charge on any atom is 0.274 e. The molecule has 150 valence electrons. The molecule has 1 aliphatic heterocycles. The highest BCUT2D eigenvalue weighted by atomic mass is 16.1. The fraction of sp³-hybridized carbons (Fsp3) is 0.348. The lowest BCUT2D eigenvalue weighted by Gasteiger charge is -2.22. The summed E-state index contributed by atoms with van der Waals surface area (Å²) in [4.78, 5) is 27.3. The highest BCUT2D eigenvalue weighted by Gasteiger charge is 2.13. The first-order chi connectivity index (χ1) is 14.1. The van der Waals surface area contributed by atoms with Crippen LogP contribution in [0.3, 0.4) is 0 Å². The number of carbonyl (C=O) groups is 1. The van der Waals surface area contributed by atoms with Gasteiger partial charge in [-0.3, -0.25) is 9.59 Å². The van der Waals surface area contributed by atoms with Gasteiger partial charge in [-0.05, 0) is 43.2 Å². The van der Waals surface area contributed by atoms with Crippen LogP contribution in [0.25, 0.3) is 10.8 Å². The summed E-state index contributed by atoms with van der Waals surface area (Å²) in [6.07, 6.45) is 5.19. The monoisotopic (exact) mass is 390 g/mol. The lowest BCUT2D eigenvalue weighted by atomic mass is 10.1. The Labute approximate surface area is 170 Å². The van der Waals surface area contributed by atoms with Gasteiger partial charge in [-0.15, -0.1) is 0 Å².